The molecule has 4 aromatic carbocycles. The second-order valence-electron chi connectivity index (χ2n) is 9.96. The molecule has 0 radical (unpaired) electrons. The van der Waals surface area contributed by atoms with Crippen molar-refractivity contribution in [2.75, 3.05) is 26.4 Å². The van der Waals surface area contributed by atoms with Crippen molar-refractivity contribution in [2.45, 2.75) is 13.0 Å². The van der Waals surface area contributed by atoms with Gasteiger partial charge in [-0.1, -0.05) is 36.0 Å². The summed E-state index contributed by atoms with van der Waals surface area (Å²) in [6.07, 6.45) is 1.92. The van der Waals surface area contributed by atoms with E-state index in [1.807, 2.05) is 72.2 Å². The van der Waals surface area contributed by atoms with E-state index < -0.39 is 5.97 Å². The molecule has 0 bridgehead atoms. The Balaban J connectivity index is 1.44. The van der Waals surface area contributed by atoms with Gasteiger partial charge in [0, 0.05) is 28.1 Å². The third-order valence-electron chi connectivity index (χ3n) is 7.11. The van der Waals surface area contributed by atoms with Crippen molar-refractivity contribution in [1.82, 2.24) is 4.57 Å². The fourth-order valence-corrected chi connectivity index (χ4v) is 4.95. The Morgan fingerprint density at radius 2 is 1.69 bits per heavy atom. The Hall–Kier alpha value is -4.92. The van der Waals surface area contributed by atoms with Crippen molar-refractivity contribution in [3.05, 3.63) is 114 Å². The average molecular weight is 563 g/mol. The number of fused-ring (bicyclic) bond motifs is 3. The Labute approximate surface area is 243 Å². The van der Waals surface area contributed by atoms with Gasteiger partial charge in [-0.2, -0.15) is 0 Å². The molecule has 1 unspecified atom stereocenters. The molecule has 0 spiro atoms. The molecule has 42 heavy (non-hydrogen) atoms. The molecule has 1 aliphatic rings. The van der Waals surface area contributed by atoms with Gasteiger partial charge in [0.2, 0.25) is 0 Å². The molecule has 8 nitrogen and oxygen atoms in total. The number of aryl methyl sites for hydroxylation is 1. The molecule has 0 aliphatic carbocycles. The third kappa shape index (κ3) is 5.63. The van der Waals surface area contributed by atoms with Crippen LogP contribution in [0, 0.1) is 6.92 Å². The standard InChI is InChI=1S/C34H30N2O6/c1-3-36-31-13-9-24(18-29(31)30-19-26(39-16-15-37)11-14-32(30)36)33(35-42-34(38)23-7-5-4-6-8-23)28-12-10-25(17-22(28)2)40-20-27-21-41-27/h3-14,17-19,27,37H,1,15-16,20-21H2,2H3/b35-33+. The summed E-state index contributed by atoms with van der Waals surface area (Å²) < 4.78 is 18.8. The lowest BCUT2D eigenvalue weighted by atomic mass is 9.96. The van der Waals surface area contributed by atoms with Crippen LogP contribution < -0.4 is 9.47 Å². The minimum absolute atomic E-state index is 0.0737. The van der Waals surface area contributed by atoms with Gasteiger partial charge in [0.1, 0.15) is 36.5 Å². The molecular weight excluding hydrogens is 532 g/mol. The Bertz CT molecular complexity index is 1800. The molecule has 1 atom stereocenters. The van der Waals surface area contributed by atoms with Crippen LogP contribution >= 0.6 is 0 Å². The van der Waals surface area contributed by atoms with Crippen LogP contribution in [0.2, 0.25) is 0 Å². The number of hydrogen-bond donors (Lipinski definition) is 1. The topological polar surface area (TPSA) is 94.8 Å². The van der Waals surface area contributed by atoms with Gasteiger partial charge in [-0.3, -0.25) is 0 Å². The van der Waals surface area contributed by atoms with Gasteiger partial charge in [-0.15, -0.1) is 0 Å². The average Bonchev–Trinajstić information content (AvgIpc) is 3.81. The van der Waals surface area contributed by atoms with E-state index in [1.54, 1.807) is 30.5 Å². The summed E-state index contributed by atoms with van der Waals surface area (Å²) in [5.74, 6) is 0.830. The van der Waals surface area contributed by atoms with E-state index in [4.69, 9.17) is 19.0 Å². The van der Waals surface area contributed by atoms with E-state index in [0.717, 1.165) is 50.9 Å². The summed E-state index contributed by atoms with van der Waals surface area (Å²) in [5.41, 5.74) is 5.28. The van der Waals surface area contributed by atoms with Crippen LogP contribution in [0.5, 0.6) is 11.5 Å². The first kappa shape index (κ1) is 27.3. The summed E-state index contributed by atoms with van der Waals surface area (Å²) in [6, 6.07) is 26.3. The van der Waals surface area contributed by atoms with Crippen molar-refractivity contribution < 1.29 is 28.9 Å². The largest absolute Gasteiger partial charge is 0.491 e. The van der Waals surface area contributed by atoms with Crippen molar-refractivity contribution in [1.29, 1.82) is 0 Å². The lowest BCUT2D eigenvalue weighted by Crippen LogP contribution is -2.10. The fourth-order valence-electron chi connectivity index (χ4n) is 4.95. The van der Waals surface area contributed by atoms with E-state index >= 15 is 0 Å². The van der Waals surface area contributed by atoms with Gasteiger partial charge in [0.25, 0.3) is 0 Å². The maximum absolute atomic E-state index is 12.9. The van der Waals surface area contributed by atoms with Crippen LogP contribution in [0.1, 0.15) is 27.0 Å². The Morgan fingerprint density at radius 3 is 2.40 bits per heavy atom. The highest BCUT2D eigenvalue weighted by Gasteiger charge is 2.23. The van der Waals surface area contributed by atoms with Crippen molar-refractivity contribution >= 4 is 39.7 Å². The highest BCUT2D eigenvalue weighted by molar-refractivity contribution is 6.18. The Kier molecular flexibility index (Phi) is 7.72. The predicted octanol–water partition coefficient (Wildman–Crippen LogP) is 5.96. The predicted molar refractivity (Wildman–Crippen MR) is 162 cm³/mol. The summed E-state index contributed by atoms with van der Waals surface area (Å²) in [7, 11) is 0. The van der Waals surface area contributed by atoms with Crippen molar-refractivity contribution in [2.24, 2.45) is 5.16 Å². The first-order valence-corrected chi connectivity index (χ1v) is 13.7. The number of aliphatic hydroxyl groups excluding tert-OH is 1. The van der Waals surface area contributed by atoms with Crippen molar-refractivity contribution in [3.63, 3.8) is 0 Å². The zero-order chi connectivity index (χ0) is 29.1. The molecule has 0 amide bonds. The van der Waals surface area contributed by atoms with Gasteiger partial charge in [0.15, 0.2) is 0 Å². The molecule has 8 heteroatoms. The quantitative estimate of drug-likeness (QED) is 0.0924. The smallest absolute Gasteiger partial charge is 0.365 e. The van der Waals surface area contributed by atoms with E-state index in [1.165, 1.54) is 0 Å². The number of aliphatic hydroxyl groups is 1. The van der Waals surface area contributed by atoms with Crippen LogP contribution in [0.15, 0.2) is 96.7 Å². The number of rotatable bonds is 11. The molecule has 212 valence electrons. The van der Waals surface area contributed by atoms with Crippen LogP contribution in [0.4, 0.5) is 0 Å². The van der Waals surface area contributed by atoms with Crippen LogP contribution in [-0.2, 0) is 9.57 Å². The summed E-state index contributed by atoms with van der Waals surface area (Å²) in [4.78, 5) is 18.3. The van der Waals surface area contributed by atoms with Gasteiger partial charge in [-0.05, 0) is 73.2 Å². The van der Waals surface area contributed by atoms with E-state index in [2.05, 4.69) is 11.7 Å². The molecule has 1 saturated heterocycles. The van der Waals surface area contributed by atoms with E-state index in [-0.39, 0.29) is 19.3 Å². The van der Waals surface area contributed by atoms with Crippen molar-refractivity contribution in [3.8, 4) is 11.5 Å². The molecule has 1 aromatic heterocycles. The number of carbonyl (C=O) groups is 1. The first-order chi connectivity index (χ1) is 20.6. The number of ether oxygens (including phenoxy) is 3. The second kappa shape index (κ2) is 11.9. The number of epoxide rings is 1. The number of hydrogen-bond acceptors (Lipinski definition) is 7. The molecule has 2 heterocycles. The van der Waals surface area contributed by atoms with Crippen LogP contribution in [-0.4, -0.2) is 53.9 Å². The maximum atomic E-state index is 12.9. The Morgan fingerprint density at radius 1 is 0.976 bits per heavy atom. The summed E-state index contributed by atoms with van der Waals surface area (Å²) in [5, 5.41) is 15.5. The maximum Gasteiger partial charge on any atom is 0.365 e. The number of benzene rings is 4. The first-order valence-electron chi connectivity index (χ1n) is 13.7. The van der Waals surface area contributed by atoms with Gasteiger partial charge >= 0.3 is 5.97 Å². The molecule has 0 saturated carbocycles. The molecular formula is C34H30N2O6. The third-order valence-corrected chi connectivity index (χ3v) is 7.11. The van der Waals surface area contributed by atoms with Gasteiger partial charge < -0.3 is 28.7 Å². The monoisotopic (exact) mass is 562 g/mol. The molecule has 5 aromatic rings. The lowest BCUT2D eigenvalue weighted by Gasteiger charge is -2.13. The zero-order valence-corrected chi connectivity index (χ0v) is 23.2. The number of carbonyl (C=O) groups excluding carboxylic acids is 1. The number of oxime groups is 1. The van der Waals surface area contributed by atoms with Gasteiger partial charge in [-0.25, -0.2) is 4.79 Å². The zero-order valence-electron chi connectivity index (χ0n) is 23.2. The minimum atomic E-state index is -0.551. The highest BCUT2D eigenvalue weighted by Crippen LogP contribution is 2.34. The normalized spacial score (nSPS) is 14.6. The minimum Gasteiger partial charge on any atom is -0.491 e. The number of nitrogens with zero attached hydrogens (tertiary/aromatic N) is 2. The lowest BCUT2D eigenvalue weighted by molar-refractivity contribution is 0.0517. The van der Waals surface area contributed by atoms with E-state index in [0.29, 0.717) is 23.6 Å². The number of aromatic nitrogens is 1. The molecule has 1 N–H and O–H groups in total. The highest BCUT2D eigenvalue weighted by atomic mass is 16.7. The molecule has 1 fully saturated rings. The SMILES string of the molecule is C=Cn1c2ccc(OCCO)cc2c2cc(/C(=N\OC(=O)c3ccccc3)c3ccc(OCC4CO4)cc3C)ccc21. The molecule has 1 aliphatic heterocycles. The second-order valence-corrected chi connectivity index (χ2v) is 9.96. The summed E-state index contributed by atoms with van der Waals surface area (Å²) in [6.45, 7) is 7.33. The van der Waals surface area contributed by atoms with E-state index in [9.17, 15) is 9.90 Å². The van der Waals surface area contributed by atoms with Crippen LogP contribution in [0.3, 0.4) is 0 Å². The summed E-state index contributed by atoms with van der Waals surface area (Å²) >= 11 is 0. The fraction of sp³-hybridized carbons (Fsp3) is 0.176. The van der Waals surface area contributed by atoms with Gasteiger partial charge in [0.05, 0.1) is 29.8 Å². The molecule has 6 rings (SSSR count). The van der Waals surface area contributed by atoms with Crippen LogP contribution in [0.25, 0.3) is 28.0 Å².